The second-order valence-electron chi connectivity index (χ2n) is 6.15. The molecule has 2 rings (SSSR count). The van der Waals surface area contributed by atoms with Gasteiger partial charge in [-0.15, -0.1) is 11.3 Å². The van der Waals surface area contributed by atoms with Gasteiger partial charge in [-0.1, -0.05) is 35.3 Å². The molecule has 0 radical (unpaired) electrons. The third-order valence-electron chi connectivity index (χ3n) is 3.81. The molecule has 2 N–H and O–H groups in total. The van der Waals surface area contributed by atoms with E-state index in [-0.39, 0.29) is 12.5 Å². The van der Waals surface area contributed by atoms with Gasteiger partial charge in [0.25, 0.3) is 0 Å². The highest BCUT2D eigenvalue weighted by Gasteiger charge is 2.06. The first-order valence-corrected chi connectivity index (χ1v) is 10.3. The molecule has 0 aliphatic heterocycles. The van der Waals surface area contributed by atoms with Crippen LogP contribution in [0.4, 0.5) is 0 Å². The monoisotopic (exact) mass is 426 g/mol. The molecule has 0 saturated carbocycles. The van der Waals surface area contributed by atoms with E-state index in [1.807, 2.05) is 23.6 Å². The lowest BCUT2D eigenvalue weighted by Gasteiger charge is -2.13. The van der Waals surface area contributed by atoms with Gasteiger partial charge in [-0.25, -0.2) is 4.99 Å². The number of likely N-dealkylation sites (N-methyl/N-ethyl adjacent to an activating group) is 1. The van der Waals surface area contributed by atoms with Crippen LogP contribution in [0.25, 0.3) is 0 Å². The Bertz CT molecular complexity index is 763. The molecule has 8 heteroatoms. The Labute approximate surface area is 174 Å². The van der Waals surface area contributed by atoms with Crippen molar-refractivity contribution in [2.45, 2.75) is 19.4 Å². The first kappa shape index (κ1) is 21.5. The predicted molar refractivity (Wildman–Crippen MR) is 115 cm³/mol. The Kier molecular flexibility index (Phi) is 8.91. The molecule has 2 aromatic rings. The number of nitrogens with one attached hydrogen (secondary N) is 2. The van der Waals surface area contributed by atoms with Crippen molar-refractivity contribution in [3.63, 3.8) is 0 Å². The SMILES string of the molecule is CN(C)C(=O)CN=C(NCCCc1ccc(Cl)cc1Cl)NCc1cccs1. The van der Waals surface area contributed by atoms with Gasteiger partial charge in [0, 0.05) is 35.6 Å². The quantitative estimate of drug-likeness (QED) is 0.383. The number of carbonyl (C=O) groups is 1. The summed E-state index contributed by atoms with van der Waals surface area (Å²) in [5.74, 6) is 0.584. The first-order valence-electron chi connectivity index (χ1n) is 8.64. The van der Waals surface area contributed by atoms with Gasteiger partial charge in [0.2, 0.25) is 5.91 Å². The molecular weight excluding hydrogens is 403 g/mol. The standard InChI is InChI=1S/C19H24Cl2N4OS/c1-25(2)18(26)13-24-19(23-12-16-6-4-10-27-16)22-9-3-5-14-7-8-15(20)11-17(14)21/h4,6-8,10-11H,3,5,9,12-13H2,1-2H3,(H2,22,23,24). The Balaban J connectivity index is 1.86. The summed E-state index contributed by atoms with van der Waals surface area (Å²) in [6, 6.07) is 9.62. The molecule has 1 amide bonds. The van der Waals surface area contributed by atoms with Gasteiger partial charge < -0.3 is 15.5 Å². The number of guanidine groups is 1. The molecule has 0 unspecified atom stereocenters. The number of aryl methyl sites for hydroxylation is 1. The van der Waals surface area contributed by atoms with Crippen molar-refractivity contribution >= 4 is 46.4 Å². The van der Waals surface area contributed by atoms with E-state index in [9.17, 15) is 4.79 Å². The van der Waals surface area contributed by atoms with Crippen LogP contribution in [0.5, 0.6) is 0 Å². The molecule has 0 bridgehead atoms. The van der Waals surface area contributed by atoms with E-state index in [0.29, 0.717) is 29.1 Å². The average Bonchev–Trinajstić information content (AvgIpc) is 3.14. The number of amides is 1. The van der Waals surface area contributed by atoms with Crippen LogP contribution in [0.15, 0.2) is 40.7 Å². The Morgan fingerprint density at radius 3 is 2.70 bits per heavy atom. The largest absolute Gasteiger partial charge is 0.356 e. The molecule has 0 atom stereocenters. The van der Waals surface area contributed by atoms with Gasteiger partial charge in [0.05, 0.1) is 6.54 Å². The number of thiophene rings is 1. The molecule has 1 aromatic carbocycles. The molecule has 1 aromatic heterocycles. The summed E-state index contributed by atoms with van der Waals surface area (Å²) in [5, 5.41) is 9.91. The van der Waals surface area contributed by atoms with Gasteiger partial charge in [0.15, 0.2) is 5.96 Å². The van der Waals surface area contributed by atoms with Crippen LogP contribution < -0.4 is 10.6 Å². The summed E-state index contributed by atoms with van der Waals surface area (Å²) in [5.41, 5.74) is 1.07. The number of hydrogen-bond acceptors (Lipinski definition) is 3. The number of rotatable bonds is 8. The Morgan fingerprint density at radius 2 is 2.04 bits per heavy atom. The highest BCUT2D eigenvalue weighted by atomic mass is 35.5. The highest BCUT2D eigenvalue weighted by molar-refractivity contribution is 7.09. The third-order valence-corrected chi connectivity index (χ3v) is 5.28. The normalized spacial score (nSPS) is 11.3. The number of aliphatic imine (C=N–C) groups is 1. The Hall–Kier alpha value is -1.76. The fourth-order valence-corrected chi connectivity index (χ4v) is 3.40. The van der Waals surface area contributed by atoms with E-state index in [0.717, 1.165) is 18.4 Å². The molecule has 0 saturated heterocycles. The van der Waals surface area contributed by atoms with Crippen molar-refractivity contribution in [1.29, 1.82) is 0 Å². The Morgan fingerprint density at radius 1 is 1.22 bits per heavy atom. The van der Waals surface area contributed by atoms with Crippen LogP contribution in [0, 0.1) is 0 Å². The minimum absolute atomic E-state index is 0.0415. The van der Waals surface area contributed by atoms with E-state index in [1.54, 1.807) is 31.5 Å². The van der Waals surface area contributed by atoms with Gasteiger partial charge in [-0.3, -0.25) is 4.79 Å². The smallest absolute Gasteiger partial charge is 0.243 e. The number of hydrogen-bond donors (Lipinski definition) is 2. The van der Waals surface area contributed by atoms with Crippen LogP contribution in [-0.4, -0.2) is 44.0 Å². The highest BCUT2D eigenvalue weighted by Crippen LogP contribution is 2.21. The predicted octanol–water partition coefficient (Wildman–Crippen LogP) is 3.81. The summed E-state index contributed by atoms with van der Waals surface area (Å²) < 4.78 is 0. The van der Waals surface area contributed by atoms with E-state index < -0.39 is 0 Å². The summed E-state index contributed by atoms with van der Waals surface area (Å²) in [6.45, 7) is 1.49. The number of benzene rings is 1. The molecular formula is C19H24Cl2N4OS. The fraction of sp³-hybridized carbons (Fsp3) is 0.368. The second kappa shape index (κ2) is 11.2. The zero-order chi connectivity index (χ0) is 19.6. The van der Waals surface area contributed by atoms with E-state index in [2.05, 4.69) is 21.7 Å². The maximum Gasteiger partial charge on any atom is 0.243 e. The van der Waals surface area contributed by atoms with E-state index in [4.69, 9.17) is 23.2 Å². The maximum atomic E-state index is 11.8. The van der Waals surface area contributed by atoms with Gasteiger partial charge in [0.1, 0.15) is 6.54 Å². The minimum atomic E-state index is -0.0415. The topological polar surface area (TPSA) is 56.7 Å². The lowest BCUT2D eigenvalue weighted by Crippen LogP contribution is -2.38. The first-order chi connectivity index (χ1) is 13.0. The molecule has 0 spiro atoms. The molecule has 0 aliphatic rings. The zero-order valence-corrected chi connectivity index (χ0v) is 17.8. The van der Waals surface area contributed by atoms with Gasteiger partial charge in [-0.2, -0.15) is 0 Å². The van der Waals surface area contributed by atoms with Crippen LogP contribution in [0.1, 0.15) is 16.9 Å². The molecule has 0 fully saturated rings. The van der Waals surface area contributed by atoms with Crippen molar-refractivity contribution in [2.75, 3.05) is 27.2 Å². The zero-order valence-electron chi connectivity index (χ0n) is 15.5. The summed E-state index contributed by atoms with van der Waals surface area (Å²) in [4.78, 5) is 18.9. The van der Waals surface area contributed by atoms with Crippen molar-refractivity contribution < 1.29 is 4.79 Å². The number of nitrogens with zero attached hydrogens (tertiary/aromatic N) is 2. The van der Waals surface area contributed by atoms with Crippen molar-refractivity contribution in [3.8, 4) is 0 Å². The van der Waals surface area contributed by atoms with Crippen molar-refractivity contribution in [3.05, 3.63) is 56.2 Å². The number of halogens is 2. The molecule has 1 heterocycles. The lowest BCUT2D eigenvalue weighted by atomic mass is 10.1. The maximum absolute atomic E-state index is 11.8. The lowest BCUT2D eigenvalue weighted by molar-refractivity contribution is -0.127. The average molecular weight is 427 g/mol. The second-order valence-corrected chi connectivity index (χ2v) is 8.03. The van der Waals surface area contributed by atoms with Crippen molar-refractivity contribution in [1.82, 2.24) is 15.5 Å². The van der Waals surface area contributed by atoms with Crippen LogP contribution in [-0.2, 0) is 17.8 Å². The summed E-state index contributed by atoms with van der Waals surface area (Å²) in [7, 11) is 3.44. The van der Waals surface area contributed by atoms with Crippen molar-refractivity contribution in [2.24, 2.45) is 4.99 Å². The van der Waals surface area contributed by atoms with Crippen LogP contribution in [0.2, 0.25) is 10.0 Å². The molecule has 5 nitrogen and oxygen atoms in total. The molecule has 146 valence electrons. The van der Waals surface area contributed by atoms with E-state index >= 15 is 0 Å². The van der Waals surface area contributed by atoms with Gasteiger partial charge >= 0.3 is 0 Å². The minimum Gasteiger partial charge on any atom is -0.356 e. The molecule has 0 aliphatic carbocycles. The van der Waals surface area contributed by atoms with E-state index in [1.165, 1.54) is 9.78 Å². The summed E-state index contributed by atoms with van der Waals surface area (Å²) in [6.07, 6.45) is 1.71. The number of carbonyl (C=O) groups excluding carboxylic acids is 1. The summed E-state index contributed by atoms with van der Waals surface area (Å²) >= 11 is 13.8. The van der Waals surface area contributed by atoms with Crippen LogP contribution in [0.3, 0.4) is 0 Å². The molecule has 27 heavy (non-hydrogen) atoms. The third kappa shape index (κ3) is 7.79. The van der Waals surface area contributed by atoms with Gasteiger partial charge in [-0.05, 0) is 42.0 Å². The van der Waals surface area contributed by atoms with Crippen LogP contribution >= 0.6 is 34.5 Å². The fourth-order valence-electron chi connectivity index (χ4n) is 2.26.